The molecule has 0 amide bonds. The Bertz CT molecular complexity index is 107. The van der Waals surface area contributed by atoms with Crippen molar-refractivity contribution in [1.29, 1.82) is 0 Å². The van der Waals surface area contributed by atoms with Gasteiger partial charge in [0.15, 0.2) is 0 Å². The summed E-state index contributed by atoms with van der Waals surface area (Å²) < 4.78 is 30.7. The van der Waals surface area contributed by atoms with E-state index in [1.165, 1.54) is 0 Å². The molecule has 0 aromatic rings. The molecule has 0 N–H and O–H groups in total. The van der Waals surface area contributed by atoms with Gasteiger partial charge in [-0.3, -0.25) is 9.09 Å². The van der Waals surface area contributed by atoms with E-state index in [-0.39, 0.29) is 13.0 Å². The van der Waals surface area contributed by atoms with Crippen LogP contribution in [0.25, 0.3) is 0 Å². The van der Waals surface area contributed by atoms with E-state index in [2.05, 4.69) is 9.05 Å². The fourth-order valence-electron chi connectivity index (χ4n) is 0.432. The van der Waals surface area contributed by atoms with Crippen LogP contribution in [-0.4, -0.2) is 13.0 Å². The Kier molecular flexibility index (Phi) is 2.00. The van der Waals surface area contributed by atoms with E-state index in [0.717, 1.165) is 0 Å². The van der Waals surface area contributed by atoms with Crippen LogP contribution in [0, 0.1) is 0 Å². The summed E-state index contributed by atoms with van der Waals surface area (Å²) in [6, 6.07) is 0. The third-order valence-electron chi connectivity index (χ3n) is 0.789. The number of hydrogen-bond acceptors (Lipinski definition) is 3. The fourth-order valence-corrected chi connectivity index (χ4v) is 1.11. The number of hydrogen-bond donors (Lipinski definition) is 0. The molecule has 0 aliphatic carbocycles. The Morgan fingerprint density at radius 1 is 1.75 bits per heavy atom. The molecule has 2 atom stereocenters. The maximum absolute atomic E-state index is 12.0. The van der Waals surface area contributed by atoms with Crippen molar-refractivity contribution in [2.45, 2.75) is 12.8 Å². The Labute approximate surface area is 46.7 Å². The minimum atomic E-state index is -2.47. The molecule has 3 nitrogen and oxygen atoms in total. The summed E-state index contributed by atoms with van der Waals surface area (Å²) in [5.41, 5.74) is 0. The van der Waals surface area contributed by atoms with Crippen molar-refractivity contribution >= 4 is 8.25 Å². The van der Waals surface area contributed by atoms with Crippen molar-refractivity contribution in [3.63, 3.8) is 0 Å². The van der Waals surface area contributed by atoms with Gasteiger partial charge in [-0.1, -0.05) is 0 Å². The van der Waals surface area contributed by atoms with Crippen molar-refractivity contribution in [1.82, 2.24) is 0 Å². The minimum Gasteiger partial charge on any atom is -0.310 e. The predicted octanol–water partition coefficient (Wildman–Crippen LogP) is 1.11. The van der Waals surface area contributed by atoms with Crippen molar-refractivity contribution < 1.29 is 18.0 Å². The van der Waals surface area contributed by atoms with Gasteiger partial charge in [-0.05, 0) is 0 Å². The summed E-state index contributed by atoms with van der Waals surface area (Å²) in [4.78, 5) is 0. The van der Waals surface area contributed by atoms with Gasteiger partial charge in [0.2, 0.25) is 6.36 Å². The van der Waals surface area contributed by atoms with Crippen LogP contribution in [0.2, 0.25) is 0 Å². The second-order valence-electron chi connectivity index (χ2n) is 1.42. The lowest BCUT2D eigenvalue weighted by Crippen LogP contribution is -2.10. The molecule has 0 radical (unpaired) electrons. The highest BCUT2D eigenvalue weighted by atomic mass is 31.1. The first-order valence-electron chi connectivity index (χ1n) is 2.26. The van der Waals surface area contributed by atoms with E-state index >= 15 is 0 Å². The SMILES string of the molecule is O=[PH]1OCCC(F)O1. The number of alkyl halides is 1. The van der Waals surface area contributed by atoms with Crippen molar-refractivity contribution in [3.05, 3.63) is 0 Å². The monoisotopic (exact) mass is 140 g/mol. The van der Waals surface area contributed by atoms with E-state index in [0.29, 0.717) is 0 Å². The van der Waals surface area contributed by atoms with Gasteiger partial charge < -0.3 is 4.52 Å². The van der Waals surface area contributed by atoms with Gasteiger partial charge in [0, 0.05) is 6.42 Å². The first-order chi connectivity index (χ1) is 3.79. The van der Waals surface area contributed by atoms with Crippen molar-refractivity contribution in [3.8, 4) is 0 Å². The van der Waals surface area contributed by atoms with Gasteiger partial charge in [-0.25, -0.2) is 4.39 Å². The lowest BCUT2D eigenvalue weighted by molar-refractivity contribution is 0.00715. The molecule has 0 aromatic carbocycles. The molecule has 0 bridgehead atoms. The fraction of sp³-hybridized carbons (Fsp3) is 1.00. The summed E-state index contributed by atoms with van der Waals surface area (Å²) in [5, 5.41) is 0. The maximum atomic E-state index is 12.0. The molecular weight excluding hydrogens is 134 g/mol. The molecule has 1 rings (SSSR count). The average molecular weight is 140 g/mol. The first kappa shape index (κ1) is 6.20. The van der Waals surface area contributed by atoms with Crippen LogP contribution in [0.5, 0.6) is 0 Å². The second-order valence-corrected chi connectivity index (χ2v) is 2.44. The first-order valence-corrected chi connectivity index (χ1v) is 3.49. The zero-order valence-corrected chi connectivity index (χ0v) is 5.09. The summed E-state index contributed by atoms with van der Waals surface area (Å²) in [6.07, 6.45) is -1.19. The van der Waals surface area contributed by atoms with Crippen molar-refractivity contribution in [2.75, 3.05) is 6.61 Å². The topological polar surface area (TPSA) is 35.5 Å². The van der Waals surface area contributed by atoms with Crippen LogP contribution >= 0.6 is 8.25 Å². The van der Waals surface area contributed by atoms with Crippen LogP contribution in [0.4, 0.5) is 4.39 Å². The summed E-state index contributed by atoms with van der Waals surface area (Å²) >= 11 is 0. The average Bonchev–Trinajstić information content (AvgIpc) is 1.64. The Morgan fingerprint density at radius 2 is 2.50 bits per heavy atom. The molecular formula is C3H6FO3P. The molecule has 1 fully saturated rings. The largest absolute Gasteiger partial charge is 0.321 e. The minimum absolute atomic E-state index is 0.191. The molecule has 5 heteroatoms. The molecule has 1 aliphatic heterocycles. The van der Waals surface area contributed by atoms with E-state index in [1.54, 1.807) is 0 Å². The normalized spacial score (nSPS) is 39.6. The predicted molar refractivity (Wildman–Crippen MR) is 25.6 cm³/mol. The highest BCUT2D eigenvalue weighted by molar-refractivity contribution is 7.33. The Morgan fingerprint density at radius 3 is 2.88 bits per heavy atom. The molecule has 1 saturated heterocycles. The number of rotatable bonds is 0. The molecule has 8 heavy (non-hydrogen) atoms. The maximum Gasteiger partial charge on any atom is 0.321 e. The van der Waals surface area contributed by atoms with Gasteiger partial charge in [0.1, 0.15) is 0 Å². The van der Waals surface area contributed by atoms with Gasteiger partial charge in [0.25, 0.3) is 0 Å². The van der Waals surface area contributed by atoms with Crippen LogP contribution in [-0.2, 0) is 13.6 Å². The van der Waals surface area contributed by atoms with E-state index < -0.39 is 14.6 Å². The quantitative estimate of drug-likeness (QED) is 0.473. The van der Waals surface area contributed by atoms with E-state index in [9.17, 15) is 8.96 Å². The highest BCUT2D eigenvalue weighted by Crippen LogP contribution is 2.32. The van der Waals surface area contributed by atoms with Gasteiger partial charge in [-0.2, -0.15) is 0 Å². The molecule has 2 unspecified atom stereocenters. The second kappa shape index (κ2) is 2.58. The zero-order valence-electron chi connectivity index (χ0n) is 4.09. The third kappa shape index (κ3) is 1.54. The summed E-state index contributed by atoms with van der Waals surface area (Å²) in [6.45, 7) is 0.207. The summed E-state index contributed by atoms with van der Waals surface area (Å²) in [5.74, 6) is 0. The molecule has 48 valence electrons. The molecule has 0 saturated carbocycles. The van der Waals surface area contributed by atoms with E-state index in [4.69, 9.17) is 0 Å². The van der Waals surface area contributed by atoms with Crippen LogP contribution in [0.1, 0.15) is 6.42 Å². The number of halogens is 1. The van der Waals surface area contributed by atoms with Crippen LogP contribution in [0.3, 0.4) is 0 Å². The molecule has 1 heterocycles. The van der Waals surface area contributed by atoms with Gasteiger partial charge >= 0.3 is 8.25 Å². The lowest BCUT2D eigenvalue weighted by Gasteiger charge is -2.14. The molecule has 0 aromatic heterocycles. The molecule has 0 spiro atoms. The molecule has 1 aliphatic rings. The Hall–Kier alpha value is 0.0800. The third-order valence-corrected chi connectivity index (χ3v) is 1.68. The van der Waals surface area contributed by atoms with Gasteiger partial charge in [0.05, 0.1) is 6.61 Å². The smallest absolute Gasteiger partial charge is 0.310 e. The lowest BCUT2D eigenvalue weighted by atomic mass is 10.5. The summed E-state index contributed by atoms with van der Waals surface area (Å²) in [7, 11) is -2.47. The van der Waals surface area contributed by atoms with Crippen LogP contribution < -0.4 is 0 Å². The van der Waals surface area contributed by atoms with E-state index in [1.807, 2.05) is 0 Å². The van der Waals surface area contributed by atoms with Crippen LogP contribution in [0.15, 0.2) is 0 Å². The standard InChI is InChI=1S/C3H6FO3P/c4-3-1-2-6-8(5)7-3/h3,8H,1-2H2. The van der Waals surface area contributed by atoms with Crippen molar-refractivity contribution in [2.24, 2.45) is 0 Å². The Balaban J connectivity index is 2.34. The zero-order chi connectivity index (χ0) is 5.98. The highest BCUT2D eigenvalue weighted by Gasteiger charge is 2.16. The van der Waals surface area contributed by atoms with Gasteiger partial charge in [-0.15, -0.1) is 0 Å².